The van der Waals surface area contributed by atoms with E-state index in [0.29, 0.717) is 18.0 Å². The van der Waals surface area contributed by atoms with Crippen LogP contribution in [0.5, 0.6) is 11.5 Å². The van der Waals surface area contributed by atoms with E-state index in [4.69, 9.17) is 9.47 Å². The van der Waals surface area contributed by atoms with Crippen LogP contribution in [-0.4, -0.2) is 18.6 Å². The number of amides is 1. The summed E-state index contributed by atoms with van der Waals surface area (Å²) in [5.74, 6) is 1.20. The van der Waals surface area contributed by atoms with Gasteiger partial charge < -0.3 is 14.8 Å². The van der Waals surface area contributed by atoms with Gasteiger partial charge >= 0.3 is 0 Å². The average Bonchev–Trinajstić information content (AvgIpc) is 2.51. The Morgan fingerprint density at radius 3 is 2.50 bits per heavy atom. The standard InChI is InChI=1S/C17H18BrNO3/c1-3-21-14-10-8-13(9-11-14)19-17(20)12(2)22-16-7-5-4-6-15(16)18/h4-12H,3H2,1-2H3,(H,19,20)/t12-/m1/s1. The van der Waals surface area contributed by atoms with Crippen molar-refractivity contribution in [3.63, 3.8) is 0 Å². The Labute approximate surface area is 138 Å². The molecule has 0 bridgehead atoms. The quantitative estimate of drug-likeness (QED) is 0.834. The lowest BCUT2D eigenvalue weighted by molar-refractivity contribution is -0.122. The maximum Gasteiger partial charge on any atom is 0.265 e. The van der Waals surface area contributed by atoms with Gasteiger partial charge in [0.15, 0.2) is 6.10 Å². The van der Waals surface area contributed by atoms with Crippen molar-refractivity contribution >= 4 is 27.5 Å². The summed E-state index contributed by atoms with van der Waals surface area (Å²) in [7, 11) is 0. The third-order valence-electron chi connectivity index (χ3n) is 2.94. The van der Waals surface area contributed by atoms with E-state index in [0.717, 1.165) is 10.2 Å². The topological polar surface area (TPSA) is 47.6 Å². The van der Waals surface area contributed by atoms with E-state index in [1.165, 1.54) is 0 Å². The SMILES string of the molecule is CCOc1ccc(NC(=O)[C@@H](C)Oc2ccccc2Br)cc1. The predicted molar refractivity (Wildman–Crippen MR) is 90.5 cm³/mol. The molecule has 0 aromatic heterocycles. The van der Waals surface area contributed by atoms with Gasteiger partial charge in [0.25, 0.3) is 5.91 Å². The molecule has 0 radical (unpaired) electrons. The van der Waals surface area contributed by atoms with E-state index in [2.05, 4.69) is 21.2 Å². The molecule has 22 heavy (non-hydrogen) atoms. The second kappa shape index (κ2) is 7.84. The molecule has 5 heteroatoms. The minimum absolute atomic E-state index is 0.208. The van der Waals surface area contributed by atoms with Gasteiger partial charge in [-0.25, -0.2) is 0 Å². The molecule has 0 saturated heterocycles. The van der Waals surface area contributed by atoms with Crippen molar-refractivity contribution in [2.45, 2.75) is 20.0 Å². The molecule has 0 unspecified atom stereocenters. The van der Waals surface area contributed by atoms with Crippen LogP contribution in [0, 0.1) is 0 Å². The lowest BCUT2D eigenvalue weighted by Gasteiger charge is -2.15. The molecule has 0 fully saturated rings. The van der Waals surface area contributed by atoms with Crippen LogP contribution in [0.15, 0.2) is 53.0 Å². The number of hydrogen-bond donors (Lipinski definition) is 1. The minimum atomic E-state index is -0.606. The fraction of sp³-hybridized carbons (Fsp3) is 0.235. The van der Waals surface area contributed by atoms with Gasteiger partial charge in [0.1, 0.15) is 11.5 Å². The van der Waals surface area contributed by atoms with Gasteiger partial charge in [-0.2, -0.15) is 0 Å². The molecule has 0 aliphatic heterocycles. The van der Waals surface area contributed by atoms with Crippen LogP contribution in [0.2, 0.25) is 0 Å². The number of rotatable bonds is 6. The molecule has 2 aromatic carbocycles. The van der Waals surface area contributed by atoms with E-state index in [1.54, 1.807) is 19.1 Å². The van der Waals surface area contributed by atoms with Crippen molar-refractivity contribution in [3.8, 4) is 11.5 Å². The first kappa shape index (κ1) is 16.4. The summed E-state index contributed by atoms with van der Waals surface area (Å²) >= 11 is 3.39. The first-order valence-corrected chi connectivity index (χ1v) is 7.84. The zero-order chi connectivity index (χ0) is 15.9. The van der Waals surface area contributed by atoms with E-state index in [1.807, 2.05) is 43.3 Å². The summed E-state index contributed by atoms with van der Waals surface area (Å²) in [5, 5.41) is 2.82. The fourth-order valence-electron chi connectivity index (χ4n) is 1.83. The van der Waals surface area contributed by atoms with Gasteiger partial charge in [0.2, 0.25) is 0 Å². The van der Waals surface area contributed by atoms with Crippen LogP contribution in [0.3, 0.4) is 0 Å². The summed E-state index contributed by atoms with van der Waals surface area (Å²) in [4.78, 5) is 12.2. The van der Waals surface area contributed by atoms with Crippen LogP contribution in [0.1, 0.15) is 13.8 Å². The number of carbonyl (C=O) groups is 1. The molecule has 0 aliphatic rings. The molecule has 1 atom stereocenters. The molecule has 2 rings (SSSR count). The van der Waals surface area contributed by atoms with Gasteiger partial charge in [-0.15, -0.1) is 0 Å². The lowest BCUT2D eigenvalue weighted by Crippen LogP contribution is -2.30. The van der Waals surface area contributed by atoms with Crippen molar-refractivity contribution in [2.24, 2.45) is 0 Å². The molecule has 0 heterocycles. The summed E-state index contributed by atoms with van der Waals surface area (Å²) in [5.41, 5.74) is 0.705. The van der Waals surface area contributed by atoms with Crippen molar-refractivity contribution in [1.29, 1.82) is 0 Å². The maximum absolute atomic E-state index is 12.2. The number of halogens is 1. The van der Waals surface area contributed by atoms with Crippen LogP contribution >= 0.6 is 15.9 Å². The van der Waals surface area contributed by atoms with E-state index >= 15 is 0 Å². The van der Waals surface area contributed by atoms with Gasteiger partial charge in [0, 0.05) is 5.69 Å². The van der Waals surface area contributed by atoms with Gasteiger partial charge in [-0.1, -0.05) is 12.1 Å². The van der Waals surface area contributed by atoms with Crippen LogP contribution in [0.25, 0.3) is 0 Å². The number of para-hydroxylation sites is 1. The molecular weight excluding hydrogens is 346 g/mol. The van der Waals surface area contributed by atoms with E-state index in [9.17, 15) is 4.79 Å². The van der Waals surface area contributed by atoms with Crippen molar-refractivity contribution in [2.75, 3.05) is 11.9 Å². The molecule has 0 aliphatic carbocycles. The number of hydrogen-bond acceptors (Lipinski definition) is 3. The number of benzene rings is 2. The highest BCUT2D eigenvalue weighted by Crippen LogP contribution is 2.25. The van der Waals surface area contributed by atoms with E-state index < -0.39 is 6.10 Å². The predicted octanol–water partition coefficient (Wildman–Crippen LogP) is 4.25. The molecule has 0 spiro atoms. The second-order valence-corrected chi connectivity index (χ2v) is 5.49. The van der Waals surface area contributed by atoms with Crippen LogP contribution in [-0.2, 0) is 4.79 Å². The highest BCUT2D eigenvalue weighted by molar-refractivity contribution is 9.10. The van der Waals surface area contributed by atoms with Crippen LogP contribution < -0.4 is 14.8 Å². The Hall–Kier alpha value is -2.01. The van der Waals surface area contributed by atoms with Crippen LogP contribution in [0.4, 0.5) is 5.69 Å². The molecule has 4 nitrogen and oxygen atoms in total. The summed E-state index contributed by atoms with van der Waals surface area (Å²) < 4.78 is 11.8. The number of nitrogens with one attached hydrogen (secondary N) is 1. The lowest BCUT2D eigenvalue weighted by atomic mass is 10.2. The summed E-state index contributed by atoms with van der Waals surface area (Å²) in [6.45, 7) is 4.25. The van der Waals surface area contributed by atoms with Crippen molar-refractivity contribution < 1.29 is 14.3 Å². The normalized spacial score (nSPS) is 11.6. The summed E-state index contributed by atoms with van der Waals surface area (Å²) in [6.07, 6.45) is -0.606. The Morgan fingerprint density at radius 1 is 1.18 bits per heavy atom. The Kier molecular flexibility index (Phi) is 5.83. The minimum Gasteiger partial charge on any atom is -0.494 e. The van der Waals surface area contributed by atoms with Gasteiger partial charge in [-0.3, -0.25) is 4.79 Å². The zero-order valence-corrected chi connectivity index (χ0v) is 14.1. The molecule has 1 amide bonds. The fourth-order valence-corrected chi connectivity index (χ4v) is 2.21. The highest BCUT2D eigenvalue weighted by atomic mass is 79.9. The Morgan fingerprint density at radius 2 is 1.86 bits per heavy atom. The molecule has 116 valence electrons. The monoisotopic (exact) mass is 363 g/mol. The second-order valence-electron chi connectivity index (χ2n) is 4.64. The third-order valence-corrected chi connectivity index (χ3v) is 3.60. The molecule has 1 N–H and O–H groups in total. The maximum atomic E-state index is 12.2. The molecule has 2 aromatic rings. The largest absolute Gasteiger partial charge is 0.494 e. The number of ether oxygens (including phenoxy) is 2. The summed E-state index contributed by atoms with van der Waals surface area (Å²) in [6, 6.07) is 14.7. The first-order chi connectivity index (χ1) is 10.6. The Balaban J connectivity index is 1.95. The molecule has 0 saturated carbocycles. The van der Waals surface area contributed by atoms with Crippen molar-refractivity contribution in [3.05, 3.63) is 53.0 Å². The Bertz CT molecular complexity index is 628. The zero-order valence-electron chi connectivity index (χ0n) is 12.5. The third kappa shape index (κ3) is 4.49. The molecular formula is C17H18BrNO3. The van der Waals surface area contributed by atoms with Crippen molar-refractivity contribution in [1.82, 2.24) is 0 Å². The number of carbonyl (C=O) groups excluding carboxylic acids is 1. The number of anilines is 1. The van der Waals surface area contributed by atoms with Gasteiger partial charge in [-0.05, 0) is 66.2 Å². The first-order valence-electron chi connectivity index (χ1n) is 7.05. The van der Waals surface area contributed by atoms with E-state index in [-0.39, 0.29) is 5.91 Å². The smallest absolute Gasteiger partial charge is 0.265 e. The average molecular weight is 364 g/mol. The van der Waals surface area contributed by atoms with Gasteiger partial charge in [0.05, 0.1) is 11.1 Å². The highest BCUT2D eigenvalue weighted by Gasteiger charge is 2.16.